The first-order valence-corrected chi connectivity index (χ1v) is 6.32. The Morgan fingerprint density at radius 2 is 2.15 bits per heavy atom. The SMILES string of the molecule is Cc1cn2ccc(C(=O)Nc3ncccc3C)cc2n1. The van der Waals surface area contributed by atoms with Crippen molar-refractivity contribution in [3.05, 3.63) is 59.7 Å². The van der Waals surface area contributed by atoms with Crippen molar-refractivity contribution < 1.29 is 4.79 Å². The summed E-state index contributed by atoms with van der Waals surface area (Å²) in [5.41, 5.74) is 3.17. The van der Waals surface area contributed by atoms with Gasteiger partial charge in [-0.15, -0.1) is 0 Å². The van der Waals surface area contributed by atoms with E-state index < -0.39 is 0 Å². The molecular weight excluding hydrogens is 252 g/mol. The number of nitrogens with one attached hydrogen (secondary N) is 1. The Kier molecular flexibility index (Phi) is 2.95. The maximum absolute atomic E-state index is 12.2. The molecule has 0 aromatic carbocycles. The zero-order chi connectivity index (χ0) is 14.1. The maximum atomic E-state index is 12.2. The van der Waals surface area contributed by atoms with Gasteiger partial charge in [0, 0.05) is 24.2 Å². The van der Waals surface area contributed by atoms with E-state index in [-0.39, 0.29) is 5.91 Å². The molecule has 1 N–H and O–H groups in total. The van der Waals surface area contributed by atoms with Crippen LogP contribution < -0.4 is 5.32 Å². The Balaban J connectivity index is 1.90. The van der Waals surface area contributed by atoms with Gasteiger partial charge in [-0.2, -0.15) is 0 Å². The number of hydrogen-bond donors (Lipinski definition) is 1. The Hall–Kier alpha value is -2.69. The number of hydrogen-bond acceptors (Lipinski definition) is 3. The van der Waals surface area contributed by atoms with E-state index >= 15 is 0 Å². The van der Waals surface area contributed by atoms with Gasteiger partial charge >= 0.3 is 0 Å². The first-order chi connectivity index (χ1) is 9.63. The summed E-state index contributed by atoms with van der Waals surface area (Å²) in [4.78, 5) is 20.7. The number of carbonyl (C=O) groups is 1. The topological polar surface area (TPSA) is 59.3 Å². The van der Waals surface area contributed by atoms with E-state index in [1.165, 1.54) is 0 Å². The first kappa shape index (κ1) is 12.3. The van der Waals surface area contributed by atoms with Gasteiger partial charge in [0.1, 0.15) is 11.5 Å². The van der Waals surface area contributed by atoms with Crippen LogP contribution in [0.1, 0.15) is 21.6 Å². The molecule has 20 heavy (non-hydrogen) atoms. The van der Waals surface area contributed by atoms with Crippen LogP contribution >= 0.6 is 0 Å². The molecule has 0 bridgehead atoms. The van der Waals surface area contributed by atoms with Crippen LogP contribution in [-0.4, -0.2) is 20.3 Å². The lowest BCUT2D eigenvalue weighted by Crippen LogP contribution is -2.14. The fourth-order valence-electron chi connectivity index (χ4n) is 2.05. The van der Waals surface area contributed by atoms with Crippen LogP contribution in [0.2, 0.25) is 0 Å². The largest absolute Gasteiger partial charge is 0.307 e. The van der Waals surface area contributed by atoms with E-state index in [0.717, 1.165) is 16.9 Å². The van der Waals surface area contributed by atoms with Crippen LogP contribution in [0.15, 0.2) is 42.9 Å². The zero-order valence-corrected chi connectivity index (χ0v) is 11.3. The molecule has 1 amide bonds. The summed E-state index contributed by atoms with van der Waals surface area (Å²) in [6.07, 6.45) is 5.40. The second-order valence-corrected chi connectivity index (χ2v) is 4.69. The minimum absolute atomic E-state index is 0.185. The number of imidazole rings is 1. The van der Waals surface area contributed by atoms with Gasteiger partial charge in [0.25, 0.3) is 5.91 Å². The van der Waals surface area contributed by atoms with Gasteiger partial charge < -0.3 is 9.72 Å². The standard InChI is InChI=1S/C15H14N4O/c1-10-4-3-6-16-14(10)18-15(20)12-5-7-19-9-11(2)17-13(19)8-12/h3-9H,1-2H3,(H,16,18,20). The fourth-order valence-corrected chi connectivity index (χ4v) is 2.05. The van der Waals surface area contributed by atoms with Crippen LogP contribution in [0.3, 0.4) is 0 Å². The number of aryl methyl sites for hydroxylation is 2. The molecule has 3 aromatic rings. The van der Waals surface area contributed by atoms with E-state index in [1.54, 1.807) is 18.3 Å². The number of aromatic nitrogens is 3. The molecule has 0 aliphatic rings. The average Bonchev–Trinajstić information content (AvgIpc) is 2.80. The summed E-state index contributed by atoms with van der Waals surface area (Å²) in [5.74, 6) is 0.395. The second kappa shape index (κ2) is 4.77. The normalized spacial score (nSPS) is 10.7. The van der Waals surface area contributed by atoms with Gasteiger partial charge in [-0.05, 0) is 37.6 Å². The van der Waals surface area contributed by atoms with E-state index in [2.05, 4.69) is 15.3 Å². The Morgan fingerprint density at radius 3 is 2.95 bits per heavy atom. The van der Waals surface area contributed by atoms with Gasteiger partial charge in [0.2, 0.25) is 0 Å². The molecule has 0 saturated heterocycles. The molecule has 5 nitrogen and oxygen atoms in total. The third-order valence-corrected chi connectivity index (χ3v) is 3.08. The van der Waals surface area contributed by atoms with Crippen molar-refractivity contribution in [1.82, 2.24) is 14.4 Å². The quantitative estimate of drug-likeness (QED) is 0.775. The van der Waals surface area contributed by atoms with E-state index in [0.29, 0.717) is 11.4 Å². The molecule has 0 unspecified atom stereocenters. The molecule has 3 rings (SSSR count). The Labute approximate surface area is 116 Å². The number of rotatable bonds is 2. The van der Waals surface area contributed by atoms with Crippen molar-refractivity contribution >= 4 is 17.4 Å². The first-order valence-electron chi connectivity index (χ1n) is 6.32. The third kappa shape index (κ3) is 2.25. The van der Waals surface area contributed by atoms with Crippen molar-refractivity contribution in [2.45, 2.75) is 13.8 Å². The Morgan fingerprint density at radius 1 is 1.30 bits per heavy atom. The fraction of sp³-hybridized carbons (Fsp3) is 0.133. The lowest BCUT2D eigenvalue weighted by molar-refractivity contribution is 0.102. The molecule has 0 atom stereocenters. The zero-order valence-electron chi connectivity index (χ0n) is 11.3. The number of carbonyl (C=O) groups excluding carboxylic acids is 1. The van der Waals surface area contributed by atoms with Crippen LogP contribution in [0.4, 0.5) is 5.82 Å². The summed E-state index contributed by atoms with van der Waals surface area (Å²) in [6, 6.07) is 7.27. The highest BCUT2D eigenvalue weighted by atomic mass is 16.1. The number of nitrogens with zero attached hydrogens (tertiary/aromatic N) is 3. The molecule has 0 aliphatic carbocycles. The Bertz CT molecular complexity index is 791. The summed E-state index contributed by atoms with van der Waals surface area (Å²) in [6.45, 7) is 3.83. The van der Waals surface area contributed by atoms with Crippen LogP contribution in [0, 0.1) is 13.8 Å². The van der Waals surface area contributed by atoms with Crippen molar-refractivity contribution in [3.8, 4) is 0 Å². The van der Waals surface area contributed by atoms with E-state index in [4.69, 9.17) is 0 Å². The summed E-state index contributed by atoms with van der Waals surface area (Å²) in [7, 11) is 0. The molecule has 0 spiro atoms. The molecule has 0 saturated carbocycles. The van der Waals surface area contributed by atoms with Crippen molar-refractivity contribution in [2.75, 3.05) is 5.32 Å². The third-order valence-electron chi connectivity index (χ3n) is 3.08. The number of fused-ring (bicyclic) bond motifs is 1. The van der Waals surface area contributed by atoms with E-state index in [1.807, 2.05) is 42.8 Å². The smallest absolute Gasteiger partial charge is 0.257 e. The van der Waals surface area contributed by atoms with Crippen molar-refractivity contribution in [3.63, 3.8) is 0 Å². The lowest BCUT2D eigenvalue weighted by Gasteiger charge is -2.07. The van der Waals surface area contributed by atoms with Gasteiger partial charge in [-0.25, -0.2) is 9.97 Å². The van der Waals surface area contributed by atoms with Crippen LogP contribution in [0.5, 0.6) is 0 Å². The van der Waals surface area contributed by atoms with Gasteiger partial charge in [-0.1, -0.05) is 6.07 Å². The molecule has 0 fully saturated rings. The predicted molar refractivity (Wildman–Crippen MR) is 76.9 cm³/mol. The summed E-state index contributed by atoms with van der Waals surface area (Å²) < 4.78 is 1.89. The van der Waals surface area contributed by atoms with Crippen molar-refractivity contribution in [2.24, 2.45) is 0 Å². The molecule has 3 heterocycles. The summed E-state index contributed by atoms with van der Waals surface area (Å²) in [5, 5.41) is 2.81. The average molecular weight is 266 g/mol. The van der Waals surface area contributed by atoms with Gasteiger partial charge in [-0.3, -0.25) is 4.79 Å². The minimum Gasteiger partial charge on any atom is -0.307 e. The monoisotopic (exact) mass is 266 g/mol. The molecular formula is C15H14N4O. The molecule has 0 aliphatic heterocycles. The molecule has 5 heteroatoms. The van der Waals surface area contributed by atoms with Crippen molar-refractivity contribution in [1.29, 1.82) is 0 Å². The molecule has 0 radical (unpaired) electrons. The predicted octanol–water partition coefficient (Wildman–Crippen LogP) is 2.60. The highest BCUT2D eigenvalue weighted by Gasteiger charge is 2.09. The van der Waals surface area contributed by atoms with Crippen LogP contribution in [0.25, 0.3) is 5.65 Å². The molecule has 100 valence electrons. The lowest BCUT2D eigenvalue weighted by atomic mass is 10.2. The highest BCUT2D eigenvalue weighted by Crippen LogP contribution is 2.13. The number of anilines is 1. The number of amides is 1. The second-order valence-electron chi connectivity index (χ2n) is 4.69. The van der Waals surface area contributed by atoms with Gasteiger partial charge in [0.05, 0.1) is 5.69 Å². The maximum Gasteiger partial charge on any atom is 0.257 e. The minimum atomic E-state index is -0.185. The molecule has 3 aromatic heterocycles. The number of pyridine rings is 2. The highest BCUT2D eigenvalue weighted by molar-refractivity contribution is 6.04. The van der Waals surface area contributed by atoms with E-state index in [9.17, 15) is 4.79 Å². The van der Waals surface area contributed by atoms with Gasteiger partial charge in [0.15, 0.2) is 0 Å². The van der Waals surface area contributed by atoms with Crippen LogP contribution in [-0.2, 0) is 0 Å². The summed E-state index contributed by atoms with van der Waals surface area (Å²) >= 11 is 0.